The van der Waals surface area contributed by atoms with Crippen molar-refractivity contribution in [3.63, 3.8) is 0 Å². The van der Waals surface area contributed by atoms with Gasteiger partial charge in [-0.3, -0.25) is 0 Å². The third-order valence-electron chi connectivity index (χ3n) is 4.03. The van der Waals surface area contributed by atoms with Crippen molar-refractivity contribution in [1.82, 2.24) is 4.72 Å². The summed E-state index contributed by atoms with van der Waals surface area (Å²) in [5.74, 6) is -0.0171. The highest BCUT2D eigenvalue weighted by atomic mass is 32.2. The van der Waals surface area contributed by atoms with Crippen LogP contribution in [0.5, 0.6) is 0 Å². The van der Waals surface area contributed by atoms with E-state index < -0.39 is 21.8 Å². The topological polar surface area (TPSA) is 66.4 Å². The molecule has 0 saturated heterocycles. The zero-order valence-electron chi connectivity index (χ0n) is 13.9. The highest BCUT2D eigenvalue weighted by Gasteiger charge is 2.30. The smallest absolute Gasteiger partial charge is 0.396 e. The van der Waals surface area contributed by atoms with Gasteiger partial charge in [-0.05, 0) is 48.6 Å². The molecule has 0 bridgehead atoms. The lowest BCUT2D eigenvalue weighted by molar-refractivity contribution is -0.137. The molecule has 0 amide bonds. The van der Waals surface area contributed by atoms with E-state index in [9.17, 15) is 26.7 Å². The van der Waals surface area contributed by atoms with Crippen LogP contribution in [0.15, 0.2) is 59.5 Å². The molecule has 0 aromatic heterocycles. The summed E-state index contributed by atoms with van der Waals surface area (Å²) in [6.07, 6.45) is -3.56. The maximum atomic E-state index is 12.6. The Bertz CT molecular complexity index is 791. The van der Waals surface area contributed by atoms with Gasteiger partial charge in [-0.2, -0.15) is 13.2 Å². The van der Waals surface area contributed by atoms with E-state index >= 15 is 0 Å². The Labute approximate surface area is 150 Å². The summed E-state index contributed by atoms with van der Waals surface area (Å²) >= 11 is 0. The summed E-state index contributed by atoms with van der Waals surface area (Å²) < 4.78 is 64.5. The molecule has 2 aromatic carbocycles. The Morgan fingerprint density at radius 2 is 1.58 bits per heavy atom. The maximum absolute atomic E-state index is 12.6. The summed E-state index contributed by atoms with van der Waals surface area (Å²) in [4.78, 5) is -0.219. The fraction of sp³-hybridized carbons (Fsp3) is 0.333. The fourth-order valence-corrected chi connectivity index (χ4v) is 3.68. The average Bonchev–Trinajstić information content (AvgIpc) is 2.61. The molecule has 4 nitrogen and oxygen atoms in total. The second-order valence-corrected chi connectivity index (χ2v) is 7.60. The van der Waals surface area contributed by atoms with Crippen LogP contribution in [-0.2, 0) is 16.2 Å². The Balaban J connectivity index is 2.00. The standard InChI is InChI=1S/C18H20F3NO3S/c19-18(20,21)16-6-8-17(9-7-16)26(24,25)22-12-10-15(11-13-23)14-4-2-1-3-5-14/h1-9,15,22-23H,10-13H2/t15-/m1/s1. The van der Waals surface area contributed by atoms with Crippen LogP contribution in [-0.4, -0.2) is 26.7 Å². The molecule has 0 spiro atoms. The first-order chi connectivity index (χ1) is 12.2. The number of hydrogen-bond acceptors (Lipinski definition) is 3. The molecule has 0 aliphatic heterocycles. The highest BCUT2D eigenvalue weighted by molar-refractivity contribution is 7.89. The second kappa shape index (κ2) is 8.66. The van der Waals surface area contributed by atoms with Crippen molar-refractivity contribution in [1.29, 1.82) is 0 Å². The Hall–Kier alpha value is -1.90. The first-order valence-electron chi connectivity index (χ1n) is 8.07. The van der Waals surface area contributed by atoms with Gasteiger partial charge in [0.2, 0.25) is 10.0 Å². The number of aliphatic hydroxyl groups excluding tert-OH is 1. The van der Waals surface area contributed by atoms with Crippen molar-refractivity contribution in [3.8, 4) is 0 Å². The first-order valence-corrected chi connectivity index (χ1v) is 9.55. The molecular weight excluding hydrogens is 367 g/mol. The molecule has 1 atom stereocenters. The zero-order valence-corrected chi connectivity index (χ0v) is 14.7. The van der Waals surface area contributed by atoms with Crippen molar-refractivity contribution in [2.45, 2.75) is 29.8 Å². The number of sulfonamides is 1. The first kappa shape index (κ1) is 20.4. The molecule has 0 saturated carbocycles. The molecule has 0 aliphatic rings. The third-order valence-corrected chi connectivity index (χ3v) is 5.50. The summed E-state index contributed by atoms with van der Waals surface area (Å²) in [5, 5.41) is 9.20. The molecule has 26 heavy (non-hydrogen) atoms. The largest absolute Gasteiger partial charge is 0.416 e. The highest BCUT2D eigenvalue weighted by Crippen LogP contribution is 2.29. The van der Waals surface area contributed by atoms with Gasteiger partial charge in [0.05, 0.1) is 10.5 Å². The van der Waals surface area contributed by atoms with Gasteiger partial charge in [-0.25, -0.2) is 13.1 Å². The molecule has 2 N–H and O–H groups in total. The monoisotopic (exact) mass is 387 g/mol. The Kier molecular flexibility index (Phi) is 6.80. The average molecular weight is 387 g/mol. The van der Waals surface area contributed by atoms with Gasteiger partial charge in [0, 0.05) is 13.2 Å². The summed E-state index contributed by atoms with van der Waals surface area (Å²) in [6, 6.07) is 12.8. The van der Waals surface area contributed by atoms with E-state index in [0.29, 0.717) is 12.8 Å². The molecule has 0 unspecified atom stereocenters. The van der Waals surface area contributed by atoms with Gasteiger partial charge in [0.25, 0.3) is 0 Å². The number of alkyl halides is 3. The van der Waals surface area contributed by atoms with Crippen LogP contribution >= 0.6 is 0 Å². The van der Waals surface area contributed by atoms with Crippen molar-refractivity contribution in [3.05, 3.63) is 65.7 Å². The Morgan fingerprint density at radius 3 is 2.12 bits per heavy atom. The lowest BCUT2D eigenvalue weighted by Crippen LogP contribution is -2.26. The molecule has 142 valence electrons. The van der Waals surface area contributed by atoms with Crippen LogP contribution in [0.25, 0.3) is 0 Å². The second-order valence-electron chi connectivity index (χ2n) is 5.83. The van der Waals surface area contributed by atoms with E-state index in [1.165, 1.54) is 0 Å². The van der Waals surface area contributed by atoms with Gasteiger partial charge in [-0.15, -0.1) is 0 Å². The molecule has 2 aromatic rings. The van der Waals surface area contributed by atoms with Crippen molar-refractivity contribution >= 4 is 10.0 Å². The molecule has 0 heterocycles. The van der Waals surface area contributed by atoms with Crippen molar-refractivity contribution in [2.24, 2.45) is 0 Å². The van der Waals surface area contributed by atoms with Crippen LogP contribution in [0.1, 0.15) is 29.9 Å². The number of benzene rings is 2. The number of aliphatic hydroxyl groups is 1. The lowest BCUT2D eigenvalue weighted by atomic mass is 9.93. The van der Waals surface area contributed by atoms with Gasteiger partial charge in [0.15, 0.2) is 0 Å². The lowest BCUT2D eigenvalue weighted by Gasteiger charge is -2.17. The molecule has 2 rings (SSSR count). The van der Waals surface area contributed by atoms with E-state index in [1.807, 2.05) is 30.3 Å². The molecule has 8 heteroatoms. The molecule has 0 fully saturated rings. The number of hydrogen-bond donors (Lipinski definition) is 2. The minimum atomic E-state index is -4.51. The summed E-state index contributed by atoms with van der Waals surface area (Å²) in [5.41, 5.74) is 0.0961. The van der Waals surface area contributed by atoms with Gasteiger partial charge in [-0.1, -0.05) is 30.3 Å². The maximum Gasteiger partial charge on any atom is 0.416 e. The summed E-state index contributed by atoms with van der Waals surface area (Å²) in [6.45, 7) is 0.0914. The Morgan fingerprint density at radius 1 is 0.962 bits per heavy atom. The predicted octanol–water partition coefficient (Wildman–Crippen LogP) is 3.54. The number of nitrogens with one attached hydrogen (secondary N) is 1. The summed E-state index contributed by atoms with van der Waals surface area (Å²) in [7, 11) is -3.90. The van der Waals surface area contributed by atoms with E-state index in [2.05, 4.69) is 4.72 Å². The van der Waals surface area contributed by atoms with Crippen LogP contribution in [0, 0.1) is 0 Å². The predicted molar refractivity (Wildman–Crippen MR) is 92.1 cm³/mol. The van der Waals surface area contributed by atoms with Crippen LogP contribution in [0.4, 0.5) is 13.2 Å². The minimum Gasteiger partial charge on any atom is -0.396 e. The van der Waals surface area contributed by atoms with Crippen molar-refractivity contribution in [2.75, 3.05) is 13.2 Å². The molecular formula is C18H20F3NO3S. The minimum absolute atomic E-state index is 0.0171. The third kappa shape index (κ3) is 5.55. The van der Waals surface area contributed by atoms with E-state index in [-0.39, 0.29) is 24.0 Å². The van der Waals surface area contributed by atoms with Gasteiger partial charge in [0.1, 0.15) is 0 Å². The zero-order chi connectivity index (χ0) is 19.2. The normalized spacial score (nSPS) is 13.5. The van der Waals surface area contributed by atoms with E-state index in [0.717, 1.165) is 29.8 Å². The van der Waals surface area contributed by atoms with Gasteiger partial charge >= 0.3 is 6.18 Å². The van der Waals surface area contributed by atoms with Gasteiger partial charge < -0.3 is 5.11 Å². The fourth-order valence-electron chi connectivity index (χ4n) is 2.63. The van der Waals surface area contributed by atoms with Crippen LogP contribution in [0.3, 0.4) is 0 Å². The van der Waals surface area contributed by atoms with Crippen LogP contribution in [0.2, 0.25) is 0 Å². The molecule has 0 radical (unpaired) electrons. The van der Waals surface area contributed by atoms with E-state index in [1.54, 1.807) is 0 Å². The van der Waals surface area contributed by atoms with Crippen LogP contribution < -0.4 is 4.72 Å². The quantitative estimate of drug-likeness (QED) is 0.728. The van der Waals surface area contributed by atoms with Crippen molar-refractivity contribution < 1.29 is 26.7 Å². The SMILES string of the molecule is O=S(=O)(NCC[C@H](CCO)c1ccccc1)c1ccc(C(F)(F)F)cc1. The number of rotatable bonds is 8. The number of halogens is 3. The van der Waals surface area contributed by atoms with E-state index in [4.69, 9.17) is 0 Å². The molecule has 0 aliphatic carbocycles.